The van der Waals surface area contributed by atoms with Crippen molar-refractivity contribution >= 4 is 37.4 Å². The van der Waals surface area contributed by atoms with E-state index in [9.17, 15) is 28.1 Å². The average molecular weight is 407 g/mol. The van der Waals surface area contributed by atoms with Gasteiger partial charge in [-0.3, -0.25) is 10.1 Å². The first-order valence-electron chi connectivity index (χ1n) is 7.04. The Morgan fingerprint density at radius 3 is 2.58 bits per heavy atom. The number of carbonyl (C=O) groups is 2. The molecule has 0 saturated carbocycles. The smallest absolute Gasteiger partial charge is 0.408 e. The van der Waals surface area contributed by atoms with E-state index in [1.807, 2.05) is 5.32 Å². The highest BCUT2D eigenvalue weighted by Crippen LogP contribution is 2.29. The van der Waals surface area contributed by atoms with Gasteiger partial charge in [0, 0.05) is 18.0 Å². The molecule has 11 nitrogen and oxygen atoms in total. The van der Waals surface area contributed by atoms with Crippen molar-refractivity contribution in [2.45, 2.75) is 37.4 Å². The molecule has 26 heavy (non-hydrogen) atoms. The maximum Gasteiger partial charge on any atom is 0.408 e. The number of nitro groups is 1. The second kappa shape index (κ2) is 8.31. The van der Waals surface area contributed by atoms with Crippen molar-refractivity contribution in [3.63, 3.8) is 0 Å². The van der Waals surface area contributed by atoms with Gasteiger partial charge in [0.15, 0.2) is 0 Å². The molecular weight excluding hydrogens is 390 g/mol. The molecule has 1 atom stereocenters. The summed E-state index contributed by atoms with van der Waals surface area (Å²) in [5, 5.41) is 21.3. The van der Waals surface area contributed by atoms with E-state index in [2.05, 4.69) is 4.98 Å². The van der Waals surface area contributed by atoms with Crippen LogP contribution in [0.2, 0.25) is 0 Å². The number of aliphatic carboxylic acids is 1. The molecule has 0 radical (unpaired) electrons. The largest absolute Gasteiger partial charge is 0.480 e. The Kier molecular flexibility index (Phi) is 6.92. The zero-order valence-corrected chi connectivity index (χ0v) is 15.7. The quantitative estimate of drug-likeness (QED) is 0.383. The van der Waals surface area contributed by atoms with Gasteiger partial charge in [0.05, 0.1) is 4.92 Å². The topological polar surface area (TPSA) is 166 Å². The maximum atomic E-state index is 12.3. The lowest BCUT2D eigenvalue weighted by Gasteiger charge is -2.21. The molecule has 0 aromatic carbocycles. The van der Waals surface area contributed by atoms with Gasteiger partial charge < -0.3 is 15.2 Å². The molecule has 0 aliphatic rings. The van der Waals surface area contributed by atoms with E-state index in [0.717, 1.165) is 12.3 Å². The van der Waals surface area contributed by atoms with Crippen molar-refractivity contribution in [1.29, 1.82) is 0 Å². The lowest BCUT2D eigenvalue weighted by atomic mass is 10.2. The highest BCUT2D eigenvalue weighted by molar-refractivity contribution is 8.72. The third kappa shape index (κ3) is 6.48. The molecule has 1 aromatic heterocycles. The second-order valence-corrected chi connectivity index (χ2v) is 9.75. The minimum atomic E-state index is -4.33. The number of pyridine rings is 1. The Morgan fingerprint density at radius 1 is 1.46 bits per heavy atom. The van der Waals surface area contributed by atoms with E-state index >= 15 is 0 Å². The van der Waals surface area contributed by atoms with Crippen LogP contribution in [0.15, 0.2) is 23.4 Å². The molecule has 144 valence electrons. The SMILES string of the molecule is CC(C)(C)OC(=O)NC(CSS(=O)(=O)c1ncccc1[N+](=O)[O-])C(=O)O. The summed E-state index contributed by atoms with van der Waals surface area (Å²) < 4.78 is 29.4. The third-order valence-corrected chi connectivity index (χ3v) is 5.94. The molecule has 0 aliphatic carbocycles. The molecule has 0 spiro atoms. The van der Waals surface area contributed by atoms with Gasteiger partial charge in [-0.25, -0.2) is 23.0 Å². The van der Waals surface area contributed by atoms with E-state index in [1.54, 1.807) is 20.8 Å². The zero-order chi connectivity index (χ0) is 20.1. The van der Waals surface area contributed by atoms with Crippen LogP contribution in [0.4, 0.5) is 10.5 Å². The first kappa shape index (κ1) is 21.6. The van der Waals surface area contributed by atoms with E-state index in [-0.39, 0.29) is 10.8 Å². The van der Waals surface area contributed by atoms with Gasteiger partial charge >= 0.3 is 17.7 Å². The Bertz CT molecular complexity index is 804. The molecule has 13 heteroatoms. The first-order chi connectivity index (χ1) is 11.8. The maximum absolute atomic E-state index is 12.3. The Balaban J connectivity index is 2.91. The standard InChI is InChI=1S/C13H17N3O8S2/c1-13(2,3)24-12(19)15-8(11(17)18)7-25-26(22,23)10-9(16(20)21)5-4-6-14-10/h4-6,8H,7H2,1-3H3,(H,15,19)(H,17,18). The number of alkyl carbamates (subject to hydrolysis) is 1. The second-order valence-electron chi connectivity index (χ2n) is 5.86. The molecule has 0 fully saturated rings. The average Bonchev–Trinajstić information content (AvgIpc) is 2.49. The number of nitrogens with zero attached hydrogens (tertiary/aromatic N) is 2. The van der Waals surface area contributed by atoms with E-state index in [1.165, 1.54) is 6.07 Å². The number of carboxylic acids is 1. The van der Waals surface area contributed by atoms with Crippen LogP contribution in [-0.2, 0) is 18.4 Å². The van der Waals surface area contributed by atoms with Crippen LogP contribution in [0.3, 0.4) is 0 Å². The summed E-state index contributed by atoms with van der Waals surface area (Å²) in [5.41, 5.74) is -1.60. The van der Waals surface area contributed by atoms with Gasteiger partial charge in [0.2, 0.25) is 5.03 Å². The third-order valence-electron chi connectivity index (χ3n) is 2.56. The summed E-state index contributed by atoms with van der Waals surface area (Å²) >= 11 is 0. The monoisotopic (exact) mass is 407 g/mol. The molecule has 1 heterocycles. The van der Waals surface area contributed by atoms with Crippen LogP contribution in [-0.4, -0.2) is 52.9 Å². The normalized spacial score (nSPS) is 12.9. The number of hydrogen-bond acceptors (Lipinski definition) is 9. The molecule has 1 amide bonds. The molecular formula is C13H17N3O8S2. The van der Waals surface area contributed by atoms with Gasteiger partial charge in [-0.2, -0.15) is 0 Å². The number of carbonyl (C=O) groups excluding carboxylic acids is 1. The Labute approximate surface area is 152 Å². The van der Waals surface area contributed by atoms with Crippen molar-refractivity contribution in [2.75, 3.05) is 5.75 Å². The van der Waals surface area contributed by atoms with Gasteiger partial charge in [-0.1, -0.05) is 0 Å². The molecule has 1 rings (SSSR count). The fourth-order valence-electron chi connectivity index (χ4n) is 1.55. The minimum absolute atomic E-state index is 0.114. The molecule has 2 N–H and O–H groups in total. The molecule has 0 aliphatic heterocycles. The molecule has 1 unspecified atom stereocenters. The molecule has 0 saturated heterocycles. The number of amides is 1. The summed E-state index contributed by atoms with van der Waals surface area (Å²) in [6, 6.07) is 0.576. The summed E-state index contributed by atoms with van der Waals surface area (Å²) in [7, 11) is -4.21. The number of rotatable bonds is 7. The van der Waals surface area contributed by atoms with Gasteiger partial charge in [-0.05, 0) is 37.6 Å². The molecule has 1 aromatic rings. The van der Waals surface area contributed by atoms with Crippen molar-refractivity contribution in [1.82, 2.24) is 10.3 Å². The summed E-state index contributed by atoms with van der Waals surface area (Å²) in [5.74, 6) is -2.10. The van der Waals surface area contributed by atoms with E-state index in [4.69, 9.17) is 9.84 Å². The van der Waals surface area contributed by atoms with Crippen LogP contribution in [0, 0.1) is 10.1 Å². The number of hydrogen-bond donors (Lipinski definition) is 2. The van der Waals surface area contributed by atoms with E-state index < -0.39 is 54.0 Å². The highest BCUT2D eigenvalue weighted by atomic mass is 33.1. The number of aromatic nitrogens is 1. The van der Waals surface area contributed by atoms with Crippen LogP contribution in [0.25, 0.3) is 0 Å². The first-order valence-corrected chi connectivity index (χ1v) is 10.0. The fourth-order valence-corrected chi connectivity index (χ4v) is 4.46. The zero-order valence-electron chi connectivity index (χ0n) is 14.0. The van der Waals surface area contributed by atoms with Crippen LogP contribution in [0.1, 0.15) is 20.8 Å². The fraction of sp³-hybridized carbons (Fsp3) is 0.462. The lowest BCUT2D eigenvalue weighted by molar-refractivity contribution is -0.388. The lowest BCUT2D eigenvalue weighted by Crippen LogP contribution is -2.45. The minimum Gasteiger partial charge on any atom is -0.480 e. The van der Waals surface area contributed by atoms with Crippen LogP contribution >= 0.6 is 10.8 Å². The van der Waals surface area contributed by atoms with Crippen LogP contribution in [0.5, 0.6) is 0 Å². The predicted octanol–water partition coefficient (Wildman–Crippen LogP) is 1.39. The van der Waals surface area contributed by atoms with Crippen molar-refractivity contribution in [3.8, 4) is 0 Å². The van der Waals surface area contributed by atoms with E-state index in [0.29, 0.717) is 0 Å². The van der Waals surface area contributed by atoms with Gasteiger partial charge in [0.25, 0.3) is 8.87 Å². The Hall–Kier alpha value is -2.41. The number of ether oxygens (including phenoxy) is 1. The Morgan fingerprint density at radius 2 is 2.08 bits per heavy atom. The van der Waals surface area contributed by atoms with Gasteiger partial charge in [-0.15, -0.1) is 0 Å². The molecule has 0 bridgehead atoms. The summed E-state index contributed by atoms with van der Waals surface area (Å²) in [6.45, 7) is 4.71. The predicted molar refractivity (Wildman–Crippen MR) is 91.3 cm³/mol. The van der Waals surface area contributed by atoms with Crippen molar-refractivity contribution < 1.29 is 32.8 Å². The highest BCUT2D eigenvalue weighted by Gasteiger charge is 2.31. The van der Waals surface area contributed by atoms with Crippen molar-refractivity contribution in [2.24, 2.45) is 0 Å². The summed E-state index contributed by atoms with van der Waals surface area (Å²) in [4.78, 5) is 36.4. The van der Waals surface area contributed by atoms with Gasteiger partial charge in [0.1, 0.15) is 11.6 Å². The summed E-state index contributed by atoms with van der Waals surface area (Å²) in [6.07, 6.45) is 0.0281. The van der Waals surface area contributed by atoms with Crippen molar-refractivity contribution in [3.05, 3.63) is 28.4 Å². The number of nitrogens with one attached hydrogen (secondary N) is 1. The number of carboxylic acid groups (broad SMARTS) is 1. The van der Waals surface area contributed by atoms with Crippen LogP contribution < -0.4 is 5.32 Å².